The summed E-state index contributed by atoms with van der Waals surface area (Å²) in [7, 11) is -3.27. The molecule has 0 aliphatic rings. The van der Waals surface area contributed by atoms with E-state index in [0.29, 0.717) is 3.39 Å². The molecule has 1 atom stereocenters. The van der Waals surface area contributed by atoms with Crippen molar-refractivity contribution in [3.63, 3.8) is 0 Å². The van der Waals surface area contributed by atoms with Crippen molar-refractivity contribution >= 4 is 50.6 Å². The fourth-order valence-electron chi connectivity index (χ4n) is 3.35. The van der Waals surface area contributed by atoms with Gasteiger partial charge in [0.25, 0.3) is 8.32 Å². The van der Waals surface area contributed by atoms with Gasteiger partial charge in [-0.1, -0.05) is 87.5 Å². The van der Waals surface area contributed by atoms with Crippen LogP contribution in [0.3, 0.4) is 0 Å². The monoisotopic (exact) mass is 534 g/mol. The van der Waals surface area contributed by atoms with Gasteiger partial charge < -0.3 is 4.43 Å². The first-order valence-electron chi connectivity index (χ1n) is 8.85. The average Bonchev–Trinajstić information content (AvgIpc) is 2.61. The molecule has 0 radical (unpaired) electrons. The third kappa shape index (κ3) is 5.37. The molecule has 152 valence electrons. The number of hydrogen-bond donors (Lipinski definition) is 0. The number of halogens is 5. The highest BCUT2D eigenvalue weighted by atomic mass is 79.9. The number of benzene rings is 2. The van der Waals surface area contributed by atoms with Crippen LogP contribution in [0.25, 0.3) is 0 Å². The molecular formula is C21H23Br2F3OSi. The normalized spacial score (nSPS) is 13.9. The SMILES string of the molecule is CC(C)(C)[Si](OC(CC=C(Br)Br)C(F)(F)F)(c1ccccc1)c1ccccc1. The minimum absolute atomic E-state index is 0.278. The van der Waals surface area contributed by atoms with Crippen LogP contribution in [-0.2, 0) is 4.43 Å². The summed E-state index contributed by atoms with van der Waals surface area (Å²) in [5.74, 6) is 0. The smallest absolute Gasteiger partial charge is 0.395 e. The average molecular weight is 536 g/mol. The molecule has 0 amide bonds. The van der Waals surface area contributed by atoms with Gasteiger partial charge in [0.05, 0.1) is 3.39 Å². The first-order chi connectivity index (χ1) is 13.0. The minimum Gasteiger partial charge on any atom is -0.395 e. The largest absolute Gasteiger partial charge is 0.413 e. The van der Waals surface area contributed by atoms with Gasteiger partial charge in [0, 0.05) is 6.42 Å². The van der Waals surface area contributed by atoms with Gasteiger partial charge in [-0.05, 0) is 47.3 Å². The van der Waals surface area contributed by atoms with Crippen molar-refractivity contribution in [2.45, 2.75) is 44.5 Å². The first-order valence-corrected chi connectivity index (χ1v) is 12.3. The Labute approximate surface area is 182 Å². The lowest BCUT2D eigenvalue weighted by Crippen LogP contribution is -2.68. The molecule has 0 saturated carbocycles. The second-order valence-electron chi connectivity index (χ2n) is 7.54. The fourth-order valence-corrected chi connectivity index (χ4v) is 8.39. The molecular weight excluding hydrogens is 513 g/mol. The lowest BCUT2D eigenvalue weighted by molar-refractivity contribution is -0.196. The molecule has 0 aliphatic heterocycles. The summed E-state index contributed by atoms with van der Waals surface area (Å²) in [6.07, 6.45) is -5.24. The van der Waals surface area contributed by atoms with Gasteiger partial charge in [-0.15, -0.1) is 0 Å². The number of hydrogen-bond acceptors (Lipinski definition) is 1. The number of rotatable bonds is 6. The van der Waals surface area contributed by atoms with Crippen LogP contribution in [0.15, 0.2) is 70.1 Å². The zero-order chi connectivity index (χ0) is 21.0. The van der Waals surface area contributed by atoms with Crippen molar-refractivity contribution in [3.8, 4) is 0 Å². The second-order valence-corrected chi connectivity index (χ2v) is 14.6. The van der Waals surface area contributed by atoms with Crippen molar-refractivity contribution in [2.75, 3.05) is 0 Å². The first kappa shape index (κ1) is 23.4. The van der Waals surface area contributed by atoms with E-state index in [1.165, 1.54) is 6.08 Å². The molecule has 0 fully saturated rings. The Morgan fingerprint density at radius 1 is 0.929 bits per heavy atom. The van der Waals surface area contributed by atoms with Crippen LogP contribution in [-0.4, -0.2) is 20.6 Å². The topological polar surface area (TPSA) is 9.23 Å². The Balaban J connectivity index is 2.71. The van der Waals surface area contributed by atoms with E-state index >= 15 is 0 Å². The molecule has 0 heterocycles. The summed E-state index contributed by atoms with van der Waals surface area (Å²) in [4.78, 5) is 0. The summed E-state index contributed by atoms with van der Waals surface area (Å²) in [5, 5.41) is 1.13. The summed E-state index contributed by atoms with van der Waals surface area (Å²) in [6, 6.07) is 18.7. The highest BCUT2D eigenvalue weighted by Crippen LogP contribution is 2.40. The van der Waals surface area contributed by atoms with Crippen LogP contribution in [0, 0.1) is 0 Å². The van der Waals surface area contributed by atoms with Crippen LogP contribution < -0.4 is 10.4 Å². The van der Waals surface area contributed by atoms with Gasteiger partial charge in [-0.3, -0.25) is 0 Å². The van der Waals surface area contributed by atoms with Gasteiger partial charge >= 0.3 is 6.18 Å². The lowest BCUT2D eigenvalue weighted by atomic mass is 10.2. The molecule has 2 aromatic carbocycles. The zero-order valence-electron chi connectivity index (χ0n) is 15.9. The highest BCUT2D eigenvalue weighted by Gasteiger charge is 2.55. The van der Waals surface area contributed by atoms with E-state index in [0.717, 1.165) is 10.4 Å². The molecule has 7 heteroatoms. The summed E-state index contributed by atoms with van der Waals surface area (Å²) < 4.78 is 48.6. The van der Waals surface area contributed by atoms with E-state index in [4.69, 9.17) is 4.43 Å². The maximum atomic E-state index is 14.0. The molecule has 2 aromatic rings. The molecule has 0 spiro atoms. The predicted molar refractivity (Wildman–Crippen MR) is 119 cm³/mol. The summed E-state index contributed by atoms with van der Waals surface area (Å²) >= 11 is 6.29. The maximum absolute atomic E-state index is 14.0. The van der Waals surface area contributed by atoms with Crippen LogP contribution in [0.2, 0.25) is 5.04 Å². The summed E-state index contributed by atoms with van der Waals surface area (Å²) in [5.41, 5.74) is 0. The van der Waals surface area contributed by atoms with Gasteiger partial charge in [0.2, 0.25) is 0 Å². The number of alkyl halides is 3. The van der Waals surface area contributed by atoms with E-state index < -0.39 is 25.6 Å². The van der Waals surface area contributed by atoms with Crippen molar-refractivity contribution in [1.82, 2.24) is 0 Å². The van der Waals surface area contributed by atoms with Crippen LogP contribution >= 0.6 is 31.9 Å². The molecule has 1 nitrogen and oxygen atoms in total. The second kappa shape index (κ2) is 9.28. The molecule has 0 aliphatic carbocycles. The van der Waals surface area contributed by atoms with Gasteiger partial charge in [0.15, 0.2) is 0 Å². The quantitative estimate of drug-likeness (QED) is 0.383. The van der Waals surface area contributed by atoms with E-state index in [1.807, 2.05) is 81.4 Å². The molecule has 2 rings (SSSR count). The lowest BCUT2D eigenvalue weighted by Gasteiger charge is -2.45. The Bertz CT molecular complexity index is 743. The Morgan fingerprint density at radius 2 is 1.36 bits per heavy atom. The van der Waals surface area contributed by atoms with Gasteiger partial charge in [-0.2, -0.15) is 13.2 Å². The fraction of sp³-hybridized carbons (Fsp3) is 0.333. The van der Waals surface area contributed by atoms with E-state index in [9.17, 15) is 13.2 Å². The highest BCUT2D eigenvalue weighted by molar-refractivity contribution is 9.28. The molecule has 0 aromatic heterocycles. The standard InChI is InChI=1S/C21H23Br2F3OSi/c1-20(2,3)28(16-10-6-4-7-11-16,17-12-8-5-9-13-17)27-18(21(24,25)26)14-15-19(22)23/h4-13,15,18H,14H2,1-3H3. The molecule has 1 unspecified atom stereocenters. The van der Waals surface area contributed by atoms with Crippen LogP contribution in [0.4, 0.5) is 13.2 Å². The van der Waals surface area contributed by atoms with Gasteiger partial charge in [-0.25, -0.2) is 0 Å². The Hall–Kier alpha value is -0.893. The minimum atomic E-state index is -4.49. The van der Waals surface area contributed by atoms with E-state index in [2.05, 4.69) is 31.9 Å². The Morgan fingerprint density at radius 3 is 1.68 bits per heavy atom. The van der Waals surface area contributed by atoms with Crippen molar-refractivity contribution in [3.05, 3.63) is 70.1 Å². The van der Waals surface area contributed by atoms with Crippen LogP contribution in [0.5, 0.6) is 0 Å². The summed E-state index contributed by atoms with van der Waals surface area (Å²) in [6.45, 7) is 5.88. The van der Waals surface area contributed by atoms with Crippen molar-refractivity contribution in [1.29, 1.82) is 0 Å². The molecule has 0 bridgehead atoms. The van der Waals surface area contributed by atoms with Gasteiger partial charge in [0.1, 0.15) is 6.10 Å². The van der Waals surface area contributed by atoms with E-state index in [-0.39, 0.29) is 6.42 Å². The maximum Gasteiger partial charge on any atom is 0.413 e. The predicted octanol–water partition coefficient (Wildman–Crippen LogP) is 6.52. The molecule has 28 heavy (non-hydrogen) atoms. The Kier molecular flexibility index (Phi) is 7.75. The van der Waals surface area contributed by atoms with Crippen molar-refractivity contribution in [2.24, 2.45) is 0 Å². The van der Waals surface area contributed by atoms with E-state index in [1.54, 1.807) is 0 Å². The molecule has 0 N–H and O–H groups in total. The molecule has 0 saturated heterocycles. The van der Waals surface area contributed by atoms with Crippen LogP contribution in [0.1, 0.15) is 27.2 Å². The zero-order valence-corrected chi connectivity index (χ0v) is 20.1. The van der Waals surface area contributed by atoms with Crippen molar-refractivity contribution < 1.29 is 17.6 Å². The third-order valence-electron chi connectivity index (χ3n) is 4.59. The third-order valence-corrected chi connectivity index (χ3v) is 10.3.